The van der Waals surface area contributed by atoms with Crippen molar-refractivity contribution in [1.29, 1.82) is 0 Å². The number of carbonyl (C=O) groups is 2. The lowest BCUT2D eigenvalue weighted by molar-refractivity contribution is -0.139. The van der Waals surface area contributed by atoms with Gasteiger partial charge in [-0.1, -0.05) is 62.4 Å². The Labute approximate surface area is 141 Å². The second-order valence-electron chi connectivity index (χ2n) is 5.64. The summed E-state index contributed by atoms with van der Waals surface area (Å²) in [6.45, 7) is 4.19. The first-order chi connectivity index (χ1) is 11.6. The molecule has 24 heavy (non-hydrogen) atoms. The smallest absolute Gasteiger partial charge is 0.336 e. The number of carbonyl (C=O) groups excluding carboxylic acids is 2. The van der Waals surface area contributed by atoms with Crippen LogP contribution in [0.3, 0.4) is 0 Å². The van der Waals surface area contributed by atoms with E-state index in [-0.39, 0.29) is 5.92 Å². The van der Waals surface area contributed by atoms with Gasteiger partial charge in [-0.05, 0) is 17.5 Å². The standard InChI is InChI=1S/C20H20O4/c1-15(2)14-23-19(21)12-13-20(22)24-18-11-7-6-10-17(18)16-8-4-3-5-9-16/h3-13,15H,14H2,1-2H3/b13-12+. The van der Waals surface area contributed by atoms with E-state index in [2.05, 4.69) is 0 Å². The lowest BCUT2D eigenvalue weighted by Crippen LogP contribution is -2.09. The fourth-order valence-corrected chi connectivity index (χ4v) is 1.99. The third-order valence-corrected chi connectivity index (χ3v) is 3.10. The molecule has 2 aromatic rings. The number of ether oxygens (including phenoxy) is 2. The van der Waals surface area contributed by atoms with E-state index in [9.17, 15) is 9.59 Å². The van der Waals surface area contributed by atoms with Crippen LogP contribution in [-0.2, 0) is 14.3 Å². The average Bonchev–Trinajstić information content (AvgIpc) is 2.59. The topological polar surface area (TPSA) is 52.6 Å². The summed E-state index contributed by atoms with van der Waals surface area (Å²) >= 11 is 0. The third kappa shape index (κ3) is 5.39. The maximum absolute atomic E-state index is 11.9. The molecule has 4 nitrogen and oxygen atoms in total. The Morgan fingerprint density at radius 3 is 2.25 bits per heavy atom. The highest BCUT2D eigenvalue weighted by Crippen LogP contribution is 2.29. The van der Waals surface area contributed by atoms with E-state index in [4.69, 9.17) is 9.47 Å². The second kappa shape index (κ2) is 8.67. The summed E-state index contributed by atoms with van der Waals surface area (Å²) in [5.74, 6) is -0.502. The Bertz CT molecular complexity index is 717. The zero-order valence-electron chi connectivity index (χ0n) is 13.8. The fraction of sp³-hybridized carbons (Fsp3) is 0.200. The number of hydrogen-bond donors (Lipinski definition) is 0. The van der Waals surface area contributed by atoms with E-state index >= 15 is 0 Å². The van der Waals surface area contributed by atoms with Crippen LogP contribution in [0.1, 0.15) is 13.8 Å². The molecule has 2 rings (SSSR count). The molecule has 0 N–H and O–H groups in total. The Morgan fingerprint density at radius 1 is 0.917 bits per heavy atom. The van der Waals surface area contributed by atoms with E-state index in [1.165, 1.54) is 0 Å². The number of para-hydroxylation sites is 1. The van der Waals surface area contributed by atoms with Crippen LogP contribution in [0.4, 0.5) is 0 Å². The summed E-state index contributed by atoms with van der Waals surface area (Å²) in [5, 5.41) is 0. The summed E-state index contributed by atoms with van der Waals surface area (Å²) in [7, 11) is 0. The number of benzene rings is 2. The quantitative estimate of drug-likeness (QED) is 0.457. The van der Waals surface area contributed by atoms with E-state index in [0.29, 0.717) is 12.4 Å². The zero-order chi connectivity index (χ0) is 17.4. The van der Waals surface area contributed by atoms with Crippen LogP contribution in [0.25, 0.3) is 11.1 Å². The molecule has 0 unspecified atom stereocenters. The van der Waals surface area contributed by atoms with E-state index in [0.717, 1.165) is 23.3 Å². The summed E-state index contributed by atoms with van der Waals surface area (Å²) in [6, 6.07) is 16.9. The van der Waals surface area contributed by atoms with Crippen LogP contribution in [-0.4, -0.2) is 18.5 Å². The SMILES string of the molecule is CC(C)COC(=O)/C=C/C(=O)Oc1ccccc1-c1ccccc1. The van der Waals surface area contributed by atoms with Crippen molar-refractivity contribution in [1.82, 2.24) is 0 Å². The minimum absolute atomic E-state index is 0.243. The molecule has 0 bridgehead atoms. The maximum atomic E-state index is 11.9. The van der Waals surface area contributed by atoms with Gasteiger partial charge in [-0.15, -0.1) is 0 Å². The third-order valence-electron chi connectivity index (χ3n) is 3.10. The van der Waals surface area contributed by atoms with Crippen molar-refractivity contribution >= 4 is 11.9 Å². The lowest BCUT2D eigenvalue weighted by Gasteiger charge is -2.08. The van der Waals surface area contributed by atoms with Crippen molar-refractivity contribution in [3.05, 3.63) is 66.7 Å². The van der Waals surface area contributed by atoms with Gasteiger partial charge >= 0.3 is 11.9 Å². The fourth-order valence-electron chi connectivity index (χ4n) is 1.99. The Morgan fingerprint density at radius 2 is 1.54 bits per heavy atom. The average molecular weight is 324 g/mol. The lowest BCUT2D eigenvalue weighted by atomic mass is 10.1. The van der Waals surface area contributed by atoms with Gasteiger partial charge in [-0.2, -0.15) is 0 Å². The first-order valence-electron chi connectivity index (χ1n) is 7.77. The molecule has 0 amide bonds. The van der Waals surface area contributed by atoms with Gasteiger partial charge in [0.2, 0.25) is 0 Å². The molecule has 0 aliphatic carbocycles. The molecular formula is C20H20O4. The zero-order valence-corrected chi connectivity index (χ0v) is 13.8. The first kappa shape index (κ1) is 17.5. The van der Waals surface area contributed by atoms with Crippen molar-refractivity contribution in [2.24, 2.45) is 5.92 Å². The first-order valence-corrected chi connectivity index (χ1v) is 7.77. The van der Waals surface area contributed by atoms with Gasteiger partial charge < -0.3 is 9.47 Å². The summed E-state index contributed by atoms with van der Waals surface area (Å²) in [6.07, 6.45) is 2.15. The highest BCUT2D eigenvalue weighted by Gasteiger charge is 2.09. The van der Waals surface area contributed by atoms with E-state index < -0.39 is 11.9 Å². The number of esters is 2. The molecule has 4 heteroatoms. The minimum Gasteiger partial charge on any atom is -0.462 e. The number of rotatable bonds is 6. The van der Waals surface area contributed by atoms with Crippen molar-refractivity contribution in [3.8, 4) is 16.9 Å². The van der Waals surface area contributed by atoms with Gasteiger partial charge in [-0.3, -0.25) is 0 Å². The van der Waals surface area contributed by atoms with E-state index in [1.54, 1.807) is 12.1 Å². The minimum atomic E-state index is -0.625. The van der Waals surface area contributed by atoms with Gasteiger partial charge in [0, 0.05) is 17.7 Å². The molecule has 0 atom stereocenters. The second-order valence-corrected chi connectivity index (χ2v) is 5.64. The van der Waals surface area contributed by atoms with Gasteiger partial charge in [0.1, 0.15) is 5.75 Å². The summed E-state index contributed by atoms with van der Waals surface area (Å²) < 4.78 is 10.3. The Balaban J connectivity index is 2.04. The van der Waals surface area contributed by atoms with Crippen molar-refractivity contribution in [2.75, 3.05) is 6.61 Å². The van der Waals surface area contributed by atoms with Crippen molar-refractivity contribution in [2.45, 2.75) is 13.8 Å². The molecule has 0 fully saturated rings. The Kier molecular flexibility index (Phi) is 6.32. The molecule has 2 aromatic carbocycles. The van der Waals surface area contributed by atoms with Crippen LogP contribution in [0.15, 0.2) is 66.7 Å². The molecule has 0 saturated carbocycles. The molecule has 0 aliphatic heterocycles. The molecule has 0 radical (unpaired) electrons. The predicted molar refractivity (Wildman–Crippen MR) is 92.5 cm³/mol. The van der Waals surface area contributed by atoms with Gasteiger partial charge in [0.25, 0.3) is 0 Å². The van der Waals surface area contributed by atoms with Crippen LogP contribution < -0.4 is 4.74 Å². The largest absolute Gasteiger partial charge is 0.462 e. The monoisotopic (exact) mass is 324 g/mol. The molecule has 0 spiro atoms. The normalized spacial score (nSPS) is 10.8. The summed E-state index contributed by atoms with van der Waals surface area (Å²) in [5.41, 5.74) is 1.75. The molecule has 0 aliphatic rings. The Hall–Kier alpha value is -2.88. The van der Waals surface area contributed by atoms with Crippen molar-refractivity contribution < 1.29 is 19.1 Å². The van der Waals surface area contributed by atoms with Gasteiger partial charge in [0.05, 0.1) is 6.61 Å². The van der Waals surface area contributed by atoms with Crippen molar-refractivity contribution in [3.63, 3.8) is 0 Å². The summed E-state index contributed by atoms with van der Waals surface area (Å²) in [4.78, 5) is 23.4. The van der Waals surface area contributed by atoms with Crippen LogP contribution in [0.5, 0.6) is 5.75 Å². The van der Waals surface area contributed by atoms with E-state index in [1.807, 2.05) is 56.3 Å². The molecule has 124 valence electrons. The maximum Gasteiger partial charge on any atom is 0.336 e. The van der Waals surface area contributed by atoms with Gasteiger partial charge in [0.15, 0.2) is 0 Å². The number of hydrogen-bond acceptors (Lipinski definition) is 4. The molecule has 0 aromatic heterocycles. The molecular weight excluding hydrogens is 304 g/mol. The molecule has 0 heterocycles. The van der Waals surface area contributed by atoms with Crippen LogP contribution in [0, 0.1) is 5.92 Å². The predicted octanol–water partition coefficient (Wildman–Crippen LogP) is 4.01. The van der Waals surface area contributed by atoms with Crippen LogP contribution >= 0.6 is 0 Å². The van der Waals surface area contributed by atoms with Gasteiger partial charge in [-0.25, -0.2) is 9.59 Å². The molecule has 0 saturated heterocycles. The highest BCUT2D eigenvalue weighted by molar-refractivity contribution is 5.93. The van der Waals surface area contributed by atoms with Crippen LogP contribution in [0.2, 0.25) is 0 Å². The highest BCUT2D eigenvalue weighted by atomic mass is 16.5.